The number of rotatable bonds is 6. The molecule has 0 saturated heterocycles. The van der Waals surface area contributed by atoms with Crippen LogP contribution >= 0.6 is 0 Å². The Bertz CT molecular complexity index is 475. The summed E-state index contributed by atoms with van der Waals surface area (Å²) in [5, 5.41) is 12.3. The highest BCUT2D eigenvalue weighted by atomic mass is 19.1. The summed E-state index contributed by atoms with van der Waals surface area (Å²) < 4.78 is 13.2. The van der Waals surface area contributed by atoms with Crippen LogP contribution in [0.2, 0.25) is 0 Å². The summed E-state index contributed by atoms with van der Waals surface area (Å²) in [6.07, 6.45) is 5.30. The van der Waals surface area contributed by atoms with Gasteiger partial charge in [0.2, 0.25) is 0 Å². The number of nitrogens with one attached hydrogen (secondary N) is 1. The maximum atomic E-state index is 13.2. The molecule has 108 valence electrons. The molecule has 0 heterocycles. The number of hydrogen-bond acceptors (Lipinski definition) is 3. The van der Waals surface area contributed by atoms with Gasteiger partial charge in [-0.15, -0.1) is 0 Å². The van der Waals surface area contributed by atoms with Gasteiger partial charge in [-0.1, -0.05) is 12.8 Å². The molecule has 1 fully saturated rings. The molecule has 0 amide bonds. The highest BCUT2D eigenvalue weighted by Crippen LogP contribution is 2.21. The second-order valence-electron chi connectivity index (χ2n) is 5.51. The summed E-state index contributed by atoms with van der Waals surface area (Å²) in [5.41, 5.74) is 1.28. The zero-order valence-electron chi connectivity index (χ0n) is 12.0. The van der Waals surface area contributed by atoms with Crippen LogP contribution in [0.25, 0.3) is 0 Å². The Labute approximate surface area is 120 Å². The predicted octanol–water partition coefficient (Wildman–Crippen LogP) is 2.66. The third-order valence-corrected chi connectivity index (χ3v) is 4.09. The van der Waals surface area contributed by atoms with Crippen LogP contribution in [0.15, 0.2) is 18.2 Å². The van der Waals surface area contributed by atoms with Gasteiger partial charge in [-0.25, -0.2) is 4.39 Å². The number of benzene rings is 1. The molecule has 1 N–H and O–H groups in total. The van der Waals surface area contributed by atoms with Gasteiger partial charge in [-0.2, -0.15) is 5.26 Å². The van der Waals surface area contributed by atoms with Crippen molar-refractivity contribution in [1.82, 2.24) is 10.2 Å². The molecular formula is C16H22FN3. The first-order valence-electron chi connectivity index (χ1n) is 7.30. The van der Waals surface area contributed by atoms with E-state index in [4.69, 9.17) is 5.26 Å². The fourth-order valence-electron chi connectivity index (χ4n) is 2.82. The number of hydrogen-bond donors (Lipinski definition) is 1. The van der Waals surface area contributed by atoms with Crippen molar-refractivity contribution < 1.29 is 4.39 Å². The minimum atomic E-state index is -0.288. The molecule has 0 aromatic heterocycles. The van der Waals surface area contributed by atoms with Gasteiger partial charge in [0.05, 0.1) is 11.6 Å². The van der Waals surface area contributed by atoms with E-state index in [0.29, 0.717) is 12.1 Å². The molecule has 2 rings (SSSR count). The topological polar surface area (TPSA) is 39.1 Å². The molecule has 0 radical (unpaired) electrons. The van der Waals surface area contributed by atoms with Gasteiger partial charge in [-0.3, -0.25) is 0 Å². The molecule has 1 aliphatic rings. The minimum absolute atomic E-state index is 0.288. The van der Waals surface area contributed by atoms with E-state index in [2.05, 4.69) is 23.3 Å². The van der Waals surface area contributed by atoms with E-state index in [-0.39, 0.29) is 5.82 Å². The maximum Gasteiger partial charge on any atom is 0.123 e. The predicted molar refractivity (Wildman–Crippen MR) is 77.7 cm³/mol. The van der Waals surface area contributed by atoms with Gasteiger partial charge in [-0.05, 0) is 43.7 Å². The maximum absolute atomic E-state index is 13.2. The Balaban J connectivity index is 1.75. The van der Waals surface area contributed by atoms with E-state index in [0.717, 1.165) is 24.7 Å². The van der Waals surface area contributed by atoms with Crippen LogP contribution in [0, 0.1) is 17.1 Å². The van der Waals surface area contributed by atoms with Gasteiger partial charge in [0.15, 0.2) is 0 Å². The van der Waals surface area contributed by atoms with Crippen LogP contribution in [0.3, 0.4) is 0 Å². The van der Waals surface area contributed by atoms with E-state index in [1.165, 1.54) is 43.9 Å². The Morgan fingerprint density at radius 3 is 2.85 bits per heavy atom. The summed E-state index contributed by atoms with van der Waals surface area (Å²) in [6.45, 7) is 2.38. The van der Waals surface area contributed by atoms with Crippen LogP contribution in [-0.2, 0) is 6.54 Å². The molecule has 20 heavy (non-hydrogen) atoms. The molecule has 0 unspecified atom stereocenters. The van der Waals surface area contributed by atoms with Crippen LogP contribution in [0.5, 0.6) is 0 Å². The largest absolute Gasteiger partial charge is 0.311 e. The second-order valence-corrected chi connectivity index (χ2v) is 5.51. The molecule has 1 aromatic rings. The standard InChI is InChI=1S/C16H22FN3/c1-20(16-4-2-3-5-16)9-8-19-12-14-10-15(17)7-6-13(14)11-18/h6-7,10,16,19H,2-5,8-9,12H2,1H3. The highest BCUT2D eigenvalue weighted by molar-refractivity contribution is 5.37. The van der Waals surface area contributed by atoms with Crippen LogP contribution in [-0.4, -0.2) is 31.1 Å². The van der Waals surface area contributed by atoms with Gasteiger partial charge in [0, 0.05) is 25.7 Å². The van der Waals surface area contributed by atoms with Crippen molar-refractivity contribution in [2.75, 3.05) is 20.1 Å². The molecule has 3 nitrogen and oxygen atoms in total. The number of nitriles is 1. The van der Waals surface area contributed by atoms with Crippen LogP contribution in [0.1, 0.15) is 36.8 Å². The van der Waals surface area contributed by atoms with Crippen molar-refractivity contribution in [3.63, 3.8) is 0 Å². The van der Waals surface area contributed by atoms with Crippen LogP contribution < -0.4 is 5.32 Å². The van der Waals surface area contributed by atoms with Gasteiger partial charge < -0.3 is 10.2 Å². The summed E-state index contributed by atoms with van der Waals surface area (Å²) >= 11 is 0. The molecule has 0 bridgehead atoms. The lowest BCUT2D eigenvalue weighted by molar-refractivity contribution is 0.245. The highest BCUT2D eigenvalue weighted by Gasteiger charge is 2.18. The van der Waals surface area contributed by atoms with Crippen LogP contribution in [0.4, 0.5) is 4.39 Å². The molecule has 1 aromatic carbocycles. The lowest BCUT2D eigenvalue weighted by Crippen LogP contribution is -2.35. The lowest BCUT2D eigenvalue weighted by atomic mass is 10.1. The third kappa shape index (κ3) is 4.03. The zero-order chi connectivity index (χ0) is 14.4. The van der Waals surface area contributed by atoms with E-state index in [1.807, 2.05) is 0 Å². The number of nitrogens with zero attached hydrogens (tertiary/aromatic N) is 2. The fourth-order valence-corrected chi connectivity index (χ4v) is 2.82. The van der Waals surface area contributed by atoms with Gasteiger partial charge >= 0.3 is 0 Å². The van der Waals surface area contributed by atoms with E-state index < -0.39 is 0 Å². The molecule has 0 aliphatic heterocycles. The Morgan fingerprint density at radius 1 is 1.40 bits per heavy atom. The first-order chi connectivity index (χ1) is 9.70. The summed E-state index contributed by atoms with van der Waals surface area (Å²) in [4.78, 5) is 2.40. The van der Waals surface area contributed by atoms with Crippen molar-refractivity contribution in [3.05, 3.63) is 35.1 Å². The Morgan fingerprint density at radius 2 is 2.15 bits per heavy atom. The van der Waals surface area contributed by atoms with Crippen molar-refractivity contribution in [2.45, 2.75) is 38.3 Å². The monoisotopic (exact) mass is 275 g/mol. The van der Waals surface area contributed by atoms with Crippen molar-refractivity contribution in [1.29, 1.82) is 5.26 Å². The minimum Gasteiger partial charge on any atom is -0.311 e. The molecule has 1 saturated carbocycles. The fraction of sp³-hybridized carbons (Fsp3) is 0.562. The molecular weight excluding hydrogens is 253 g/mol. The molecule has 4 heteroatoms. The van der Waals surface area contributed by atoms with Crippen molar-refractivity contribution in [2.24, 2.45) is 0 Å². The third-order valence-electron chi connectivity index (χ3n) is 4.09. The van der Waals surface area contributed by atoms with E-state index >= 15 is 0 Å². The van der Waals surface area contributed by atoms with Crippen molar-refractivity contribution >= 4 is 0 Å². The van der Waals surface area contributed by atoms with Gasteiger partial charge in [0.25, 0.3) is 0 Å². The molecule has 0 spiro atoms. The Hall–Kier alpha value is -1.44. The second kappa shape index (κ2) is 7.37. The first kappa shape index (κ1) is 15.0. The zero-order valence-corrected chi connectivity index (χ0v) is 12.0. The quantitative estimate of drug-likeness (QED) is 0.811. The molecule has 0 atom stereocenters. The average molecular weight is 275 g/mol. The van der Waals surface area contributed by atoms with E-state index in [9.17, 15) is 4.39 Å². The lowest BCUT2D eigenvalue weighted by Gasteiger charge is -2.24. The summed E-state index contributed by atoms with van der Waals surface area (Å²) in [6, 6.07) is 7.13. The van der Waals surface area contributed by atoms with Gasteiger partial charge in [0.1, 0.15) is 5.82 Å². The number of likely N-dealkylation sites (N-methyl/N-ethyl adjacent to an activating group) is 1. The molecule has 1 aliphatic carbocycles. The summed E-state index contributed by atoms with van der Waals surface area (Å²) in [5.74, 6) is -0.288. The SMILES string of the molecule is CN(CCNCc1cc(F)ccc1C#N)C1CCCC1. The number of halogens is 1. The smallest absolute Gasteiger partial charge is 0.123 e. The summed E-state index contributed by atoms with van der Waals surface area (Å²) in [7, 11) is 2.17. The Kier molecular flexibility index (Phi) is 5.51. The normalized spacial score (nSPS) is 15.7. The van der Waals surface area contributed by atoms with E-state index in [1.54, 1.807) is 0 Å². The average Bonchev–Trinajstić information content (AvgIpc) is 2.98. The first-order valence-corrected chi connectivity index (χ1v) is 7.30. The van der Waals surface area contributed by atoms with Crippen molar-refractivity contribution in [3.8, 4) is 6.07 Å².